The first-order valence-electron chi connectivity index (χ1n) is 11.0. The van der Waals surface area contributed by atoms with Gasteiger partial charge in [0, 0.05) is 29.5 Å². The highest BCUT2D eigenvalue weighted by Gasteiger charge is 2.45. The first kappa shape index (κ1) is 22.7. The van der Waals surface area contributed by atoms with Gasteiger partial charge in [0.1, 0.15) is 5.69 Å². The third-order valence-corrected chi connectivity index (χ3v) is 7.75. The Morgan fingerprint density at radius 2 is 2.03 bits per heavy atom. The molecule has 0 radical (unpaired) electrons. The molecule has 2 N–H and O–H groups in total. The van der Waals surface area contributed by atoms with Gasteiger partial charge in [-0.05, 0) is 36.5 Å². The number of aromatic amines is 1. The van der Waals surface area contributed by atoms with Crippen molar-refractivity contribution in [1.29, 1.82) is 0 Å². The van der Waals surface area contributed by atoms with Gasteiger partial charge < -0.3 is 14.6 Å². The van der Waals surface area contributed by atoms with Gasteiger partial charge in [-0.2, -0.15) is 13.2 Å². The van der Waals surface area contributed by atoms with Crippen LogP contribution in [0, 0.1) is 0 Å². The molecule has 0 saturated heterocycles. The highest BCUT2D eigenvalue weighted by molar-refractivity contribution is 7.99. The first-order valence-corrected chi connectivity index (χ1v) is 11.9. The summed E-state index contributed by atoms with van der Waals surface area (Å²) in [5, 5.41) is 13.9. The molecule has 4 heterocycles. The minimum atomic E-state index is -4.50. The number of aromatic nitrogens is 4. The lowest BCUT2D eigenvalue weighted by Gasteiger charge is -2.15. The molecule has 3 aromatic heterocycles. The quantitative estimate of drug-likeness (QED) is 0.373. The second-order valence-corrected chi connectivity index (χ2v) is 9.86. The normalized spacial score (nSPS) is 19.4. The molecule has 0 bridgehead atoms. The van der Waals surface area contributed by atoms with Crippen molar-refractivity contribution in [1.82, 2.24) is 19.7 Å². The maximum atomic E-state index is 13.2. The van der Waals surface area contributed by atoms with Crippen molar-refractivity contribution in [3.8, 4) is 22.6 Å². The monoisotopic (exact) mass is 514 g/mol. The molecule has 4 aromatic rings. The van der Waals surface area contributed by atoms with E-state index in [-0.39, 0.29) is 22.9 Å². The molecule has 1 saturated carbocycles. The molecule has 0 spiro atoms. The van der Waals surface area contributed by atoms with E-state index < -0.39 is 34.6 Å². The summed E-state index contributed by atoms with van der Waals surface area (Å²) in [4.78, 5) is 32.5. The number of fused-ring (bicyclic) bond motifs is 1. The van der Waals surface area contributed by atoms with Crippen LogP contribution in [0.4, 0.5) is 13.2 Å². The van der Waals surface area contributed by atoms with Crippen molar-refractivity contribution in [2.24, 2.45) is 0 Å². The van der Waals surface area contributed by atoms with Crippen LogP contribution in [0.1, 0.15) is 46.9 Å². The van der Waals surface area contributed by atoms with Crippen LogP contribution in [0.15, 0.2) is 63.3 Å². The van der Waals surface area contributed by atoms with Gasteiger partial charge in [0.25, 0.3) is 5.56 Å². The summed E-state index contributed by atoms with van der Waals surface area (Å²) in [6.07, 6.45) is 0.285. The number of benzene rings is 1. The minimum absolute atomic E-state index is 0.101. The Morgan fingerprint density at radius 1 is 1.22 bits per heavy atom. The molecule has 6 rings (SSSR count). The van der Waals surface area contributed by atoms with Crippen molar-refractivity contribution in [2.75, 3.05) is 0 Å². The van der Waals surface area contributed by atoms with Crippen molar-refractivity contribution in [2.45, 2.75) is 41.3 Å². The van der Waals surface area contributed by atoms with Crippen LogP contribution < -0.4 is 5.56 Å². The standard InChI is InChI=1S/C24H17F3N4O4S/c25-24(26,27)13-3-1-2-12(6-13)15-8-17(35-30-15)14-7-18(32)31-20(23(33)34)21(16-9-28-10-29-16)36-22(31)19(14)11-4-5-11/h1-3,6-11,20-21H,4-5H2,(H,28,29)(H,33,34). The average Bonchev–Trinajstić information content (AvgIpc) is 3.24. The van der Waals surface area contributed by atoms with Crippen molar-refractivity contribution < 1.29 is 27.6 Å². The molecule has 1 aromatic carbocycles. The Labute approximate surface area is 205 Å². The summed E-state index contributed by atoms with van der Waals surface area (Å²) in [6.45, 7) is 0. The number of nitrogens with zero attached hydrogens (tertiary/aromatic N) is 3. The van der Waals surface area contributed by atoms with Gasteiger partial charge in [0.05, 0.1) is 27.9 Å². The van der Waals surface area contributed by atoms with Crippen molar-refractivity contribution >= 4 is 17.7 Å². The fourth-order valence-electron chi connectivity index (χ4n) is 4.57. The Kier molecular flexibility index (Phi) is 5.11. The molecular weight excluding hydrogens is 497 g/mol. The van der Waals surface area contributed by atoms with E-state index in [9.17, 15) is 27.9 Å². The van der Waals surface area contributed by atoms with Gasteiger partial charge in [0.2, 0.25) is 0 Å². The number of carbonyl (C=O) groups is 1. The number of hydrogen-bond donors (Lipinski definition) is 2. The van der Waals surface area contributed by atoms with Gasteiger partial charge in [0.15, 0.2) is 11.8 Å². The van der Waals surface area contributed by atoms with E-state index in [1.165, 1.54) is 46.9 Å². The highest BCUT2D eigenvalue weighted by Crippen LogP contribution is 2.56. The second kappa shape index (κ2) is 8.12. The van der Waals surface area contributed by atoms with Crippen molar-refractivity contribution in [3.63, 3.8) is 0 Å². The zero-order chi connectivity index (χ0) is 25.2. The molecular formula is C24H17F3N4O4S. The number of halogens is 3. The maximum absolute atomic E-state index is 13.2. The predicted octanol–water partition coefficient (Wildman–Crippen LogP) is 5.26. The van der Waals surface area contributed by atoms with E-state index in [0.29, 0.717) is 16.3 Å². The Morgan fingerprint density at radius 3 is 2.69 bits per heavy atom. The average molecular weight is 514 g/mol. The second-order valence-electron chi connectivity index (χ2n) is 8.73. The number of thioether (sulfide) groups is 1. The molecule has 1 fully saturated rings. The summed E-state index contributed by atoms with van der Waals surface area (Å²) in [5.41, 5.74) is 0.882. The summed E-state index contributed by atoms with van der Waals surface area (Å²) in [5.74, 6) is -0.804. The molecule has 36 heavy (non-hydrogen) atoms. The molecule has 2 atom stereocenters. The first-order chi connectivity index (χ1) is 17.2. The van der Waals surface area contributed by atoms with Crippen LogP contribution in [0.2, 0.25) is 0 Å². The number of carboxylic acids is 1. The number of aliphatic carboxylic acids is 1. The van der Waals surface area contributed by atoms with E-state index in [2.05, 4.69) is 15.1 Å². The summed E-state index contributed by atoms with van der Waals surface area (Å²) < 4.78 is 46.3. The van der Waals surface area contributed by atoms with Crippen LogP contribution in [0.25, 0.3) is 22.6 Å². The number of imidazole rings is 1. The van der Waals surface area contributed by atoms with Crippen LogP contribution in [0.5, 0.6) is 0 Å². The Hall–Kier alpha value is -3.80. The van der Waals surface area contributed by atoms with Crippen LogP contribution in [-0.4, -0.2) is 30.8 Å². The SMILES string of the molecule is O=C(O)C1C(c2c[nH]cn2)Sc2c(C3CC3)c(-c3cc(-c4cccc(C(F)(F)F)c4)no3)cc(=O)n21. The molecule has 2 unspecified atom stereocenters. The van der Waals surface area contributed by atoms with Crippen molar-refractivity contribution in [3.05, 3.63) is 76.1 Å². The van der Waals surface area contributed by atoms with Crippen LogP contribution in [-0.2, 0) is 11.0 Å². The van der Waals surface area contributed by atoms with Gasteiger partial charge >= 0.3 is 12.1 Å². The van der Waals surface area contributed by atoms with Gasteiger partial charge in [-0.1, -0.05) is 29.1 Å². The third kappa shape index (κ3) is 3.72. The maximum Gasteiger partial charge on any atom is 0.416 e. The molecule has 1 aliphatic carbocycles. The fraction of sp³-hybridized carbons (Fsp3) is 0.250. The zero-order valence-electron chi connectivity index (χ0n) is 18.3. The van der Waals surface area contributed by atoms with Crippen LogP contribution in [0.3, 0.4) is 0 Å². The molecule has 12 heteroatoms. The van der Waals surface area contributed by atoms with E-state index in [0.717, 1.165) is 30.5 Å². The lowest BCUT2D eigenvalue weighted by molar-refractivity contribution is -0.141. The number of rotatable bonds is 5. The van der Waals surface area contributed by atoms with Gasteiger partial charge in [-0.3, -0.25) is 9.36 Å². The lowest BCUT2D eigenvalue weighted by Crippen LogP contribution is -2.30. The third-order valence-electron chi connectivity index (χ3n) is 6.36. The number of alkyl halides is 3. The van der Waals surface area contributed by atoms with E-state index in [1.54, 1.807) is 6.20 Å². The molecule has 2 aliphatic rings. The number of H-pyrrole nitrogens is 1. The minimum Gasteiger partial charge on any atom is -0.480 e. The zero-order valence-corrected chi connectivity index (χ0v) is 19.1. The fourth-order valence-corrected chi connectivity index (χ4v) is 6.15. The summed E-state index contributed by atoms with van der Waals surface area (Å²) in [6, 6.07) is 6.46. The highest BCUT2D eigenvalue weighted by atomic mass is 32.2. The smallest absolute Gasteiger partial charge is 0.416 e. The number of hydrogen-bond acceptors (Lipinski definition) is 6. The molecule has 184 valence electrons. The van der Waals surface area contributed by atoms with Crippen LogP contribution >= 0.6 is 11.8 Å². The van der Waals surface area contributed by atoms with E-state index >= 15 is 0 Å². The number of carboxylic acid groups (broad SMARTS) is 1. The van der Waals surface area contributed by atoms with Gasteiger partial charge in [-0.15, -0.1) is 0 Å². The topological polar surface area (TPSA) is 114 Å². The molecule has 0 amide bonds. The lowest BCUT2D eigenvalue weighted by atomic mass is 10.0. The van der Waals surface area contributed by atoms with Gasteiger partial charge in [-0.25, -0.2) is 9.78 Å². The predicted molar refractivity (Wildman–Crippen MR) is 122 cm³/mol. The number of nitrogens with one attached hydrogen (secondary N) is 1. The molecule has 8 nitrogen and oxygen atoms in total. The largest absolute Gasteiger partial charge is 0.480 e. The Bertz CT molecular complexity index is 1540. The van der Waals surface area contributed by atoms with E-state index in [1.807, 2.05) is 0 Å². The molecule has 1 aliphatic heterocycles. The summed E-state index contributed by atoms with van der Waals surface area (Å²) >= 11 is 1.27. The Balaban J connectivity index is 1.47. The van der Waals surface area contributed by atoms with E-state index in [4.69, 9.17) is 4.52 Å². The summed E-state index contributed by atoms with van der Waals surface area (Å²) in [7, 11) is 0. The number of pyridine rings is 1.